The molecule has 80 valence electrons. The first-order chi connectivity index (χ1) is 6.13. The van der Waals surface area contributed by atoms with E-state index < -0.39 is 0 Å². The lowest BCUT2D eigenvalue weighted by molar-refractivity contribution is 0.350. The number of thiol groups is 1. The number of hydrogen-bond acceptors (Lipinski definition) is 1. The van der Waals surface area contributed by atoms with Gasteiger partial charge in [-0.1, -0.05) is 40.5 Å². The fourth-order valence-electron chi connectivity index (χ4n) is 1.72. The lowest BCUT2D eigenvalue weighted by Crippen LogP contribution is -2.10. The molecule has 1 heteroatoms. The molecule has 0 fully saturated rings. The minimum Gasteiger partial charge on any atom is -0.176 e. The molecular formula is C12H26S. The third-order valence-corrected chi connectivity index (χ3v) is 3.66. The topological polar surface area (TPSA) is 0 Å². The molecule has 0 aromatic carbocycles. The predicted octanol–water partition coefficient (Wildman–Crippen LogP) is 4.55. The van der Waals surface area contributed by atoms with E-state index in [1.165, 1.54) is 32.1 Å². The molecule has 0 heterocycles. The van der Waals surface area contributed by atoms with Gasteiger partial charge in [-0.15, -0.1) is 0 Å². The summed E-state index contributed by atoms with van der Waals surface area (Å²) in [6.07, 6.45) is 6.55. The minimum atomic E-state index is 0.619. The molecule has 0 aliphatic heterocycles. The maximum Gasteiger partial charge on any atom is 0.00168 e. The van der Waals surface area contributed by atoms with Crippen molar-refractivity contribution in [2.24, 2.45) is 11.8 Å². The Bertz CT molecular complexity index is 99.7. The monoisotopic (exact) mass is 202 g/mol. The van der Waals surface area contributed by atoms with Gasteiger partial charge in [0.2, 0.25) is 0 Å². The van der Waals surface area contributed by atoms with E-state index in [-0.39, 0.29) is 0 Å². The Morgan fingerprint density at radius 1 is 0.923 bits per heavy atom. The summed E-state index contributed by atoms with van der Waals surface area (Å²) >= 11 is 4.57. The van der Waals surface area contributed by atoms with Crippen molar-refractivity contribution in [1.82, 2.24) is 0 Å². The van der Waals surface area contributed by atoms with Gasteiger partial charge >= 0.3 is 0 Å². The zero-order valence-electron chi connectivity index (χ0n) is 9.71. The second kappa shape index (κ2) is 7.73. The highest BCUT2D eigenvalue weighted by atomic mass is 32.1. The van der Waals surface area contributed by atoms with E-state index in [1.54, 1.807) is 0 Å². The van der Waals surface area contributed by atoms with Crippen LogP contribution in [0.1, 0.15) is 59.8 Å². The fraction of sp³-hybridized carbons (Fsp3) is 1.00. The highest BCUT2D eigenvalue weighted by Gasteiger charge is 2.13. The van der Waals surface area contributed by atoms with Crippen molar-refractivity contribution in [3.63, 3.8) is 0 Å². The van der Waals surface area contributed by atoms with Gasteiger partial charge in [0, 0.05) is 5.25 Å². The smallest absolute Gasteiger partial charge is 0.00168 e. The molecule has 0 amide bonds. The quantitative estimate of drug-likeness (QED) is 0.575. The van der Waals surface area contributed by atoms with Crippen LogP contribution in [-0.4, -0.2) is 5.25 Å². The molecule has 0 aromatic heterocycles. The molecule has 3 atom stereocenters. The Labute approximate surface area is 89.9 Å². The molecule has 0 aromatic rings. The summed E-state index contributed by atoms with van der Waals surface area (Å²) < 4.78 is 0. The molecule has 0 spiro atoms. The SMILES string of the molecule is CCC(C)CC(CC)CC(S)CC. The summed E-state index contributed by atoms with van der Waals surface area (Å²) in [6, 6.07) is 0. The average Bonchev–Trinajstić information content (AvgIpc) is 2.16. The zero-order chi connectivity index (χ0) is 10.3. The first-order valence-corrected chi connectivity index (χ1v) is 6.33. The maximum absolute atomic E-state index is 4.57. The Hall–Kier alpha value is 0.350. The van der Waals surface area contributed by atoms with E-state index in [2.05, 4.69) is 40.3 Å². The minimum absolute atomic E-state index is 0.619. The molecule has 0 saturated carbocycles. The van der Waals surface area contributed by atoms with Crippen LogP contribution in [-0.2, 0) is 0 Å². The molecule has 0 N–H and O–H groups in total. The Kier molecular flexibility index (Phi) is 7.93. The van der Waals surface area contributed by atoms with Crippen molar-refractivity contribution in [2.45, 2.75) is 65.0 Å². The third kappa shape index (κ3) is 6.42. The molecule has 0 radical (unpaired) electrons. The molecule has 0 aliphatic carbocycles. The van der Waals surface area contributed by atoms with Crippen LogP contribution < -0.4 is 0 Å². The molecular weight excluding hydrogens is 176 g/mol. The first kappa shape index (κ1) is 13.4. The highest BCUT2D eigenvalue weighted by Crippen LogP contribution is 2.24. The molecule has 13 heavy (non-hydrogen) atoms. The van der Waals surface area contributed by atoms with Crippen molar-refractivity contribution < 1.29 is 0 Å². The van der Waals surface area contributed by atoms with E-state index in [1.807, 2.05) is 0 Å². The van der Waals surface area contributed by atoms with Crippen molar-refractivity contribution in [3.05, 3.63) is 0 Å². The third-order valence-electron chi connectivity index (χ3n) is 3.09. The van der Waals surface area contributed by atoms with Gasteiger partial charge in [-0.05, 0) is 31.1 Å². The van der Waals surface area contributed by atoms with Gasteiger partial charge in [0.1, 0.15) is 0 Å². The van der Waals surface area contributed by atoms with Crippen molar-refractivity contribution in [2.75, 3.05) is 0 Å². The van der Waals surface area contributed by atoms with Gasteiger partial charge in [-0.3, -0.25) is 0 Å². The summed E-state index contributed by atoms with van der Waals surface area (Å²) in [5, 5.41) is 0.619. The zero-order valence-corrected chi connectivity index (χ0v) is 10.6. The Morgan fingerprint density at radius 3 is 1.92 bits per heavy atom. The van der Waals surface area contributed by atoms with Gasteiger partial charge < -0.3 is 0 Å². The molecule has 0 bridgehead atoms. The van der Waals surface area contributed by atoms with Crippen LogP contribution >= 0.6 is 12.6 Å². The first-order valence-electron chi connectivity index (χ1n) is 5.81. The summed E-state index contributed by atoms with van der Waals surface area (Å²) in [5.41, 5.74) is 0. The Balaban J connectivity index is 3.74. The second-order valence-corrected chi connectivity index (χ2v) is 5.05. The normalized spacial score (nSPS) is 18.2. The average molecular weight is 202 g/mol. The van der Waals surface area contributed by atoms with Crippen LogP contribution in [0.2, 0.25) is 0 Å². The molecule has 0 saturated heterocycles. The fourth-order valence-corrected chi connectivity index (χ4v) is 2.01. The van der Waals surface area contributed by atoms with Crippen LogP contribution in [0.25, 0.3) is 0 Å². The summed E-state index contributed by atoms with van der Waals surface area (Å²) in [5.74, 6) is 1.79. The predicted molar refractivity (Wildman–Crippen MR) is 65.5 cm³/mol. The molecule has 0 nitrogen and oxygen atoms in total. The van der Waals surface area contributed by atoms with Gasteiger partial charge in [0.15, 0.2) is 0 Å². The lowest BCUT2D eigenvalue weighted by Gasteiger charge is -2.21. The van der Waals surface area contributed by atoms with E-state index >= 15 is 0 Å². The summed E-state index contributed by atoms with van der Waals surface area (Å²) in [6.45, 7) is 9.19. The van der Waals surface area contributed by atoms with Crippen LogP contribution in [0, 0.1) is 11.8 Å². The second-order valence-electron chi connectivity index (χ2n) is 4.32. The van der Waals surface area contributed by atoms with Crippen LogP contribution in [0.3, 0.4) is 0 Å². The van der Waals surface area contributed by atoms with Gasteiger partial charge in [-0.2, -0.15) is 12.6 Å². The standard InChI is InChI=1S/C12H26S/c1-5-10(4)8-11(6-2)9-12(13)7-3/h10-13H,5-9H2,1-4H3. The molecule has 0 aliphatic rings. The Morgan fingerprint density at radius 2 is 1.54 bits per heavy atom. The number of rotatable bonds is 7. The molecule has 3 unspecified atom stereocenters. The maximum atomic E-state index is 4.57. The molecule has 0 rings (SSSR count). The van der Waals surface area contributed by atoms with Crippen molar-refractivity contribution in [1.29, 1.82) is 0 Å². The van der Waals surface area contributed by atoms with E-state index in [4.69, 9.17) is 0 Å². The van der Waals surface area contributed by atoms with Crippen LogP contribution in [0.5, 0.6) is 0 Å². The van der Waals surface area contributed by atoms with E-state index in [0.717, 1.165) is 11.8 Å². The number of hydrogen-bond donors (Lipinski definition) is 1. The summed E-state index contributed by atoms with van der Waals surface area (Å²) in [4.78, 5) is 0. The van der Waals surface area contributed by atoms with E-state index in [0.29, 0.717) is 5.25 Å². The van der Waals surface area contributed by atoms with Gasteiger partial charge in [0.05, 0.1) is 0 Å². The van der Waals surface area contributed by atoms with E-state index in [9.17, 15) is 0 Å². The van der Waals surface area contributed by atoms with Crippen LogP contribution in [0.15, 0.2) is 0 Å². The highest BCUT2D eigenvalue weighted by molar-refractivity contribution is 7.80. The van der Waals surface area contributed by atoms with Crippen molar-refractivity contribution in [3.8, 4) is 0 Å². The van der Waals surface area contributed by atoms with Crippen molar-refractivity contribution >= 4 is 12.6 Å². The van der Waals surface area contributed by atoms with Crippen LogP contribution in [0.4, 0.5) is 0 Å². The largest absolute Gasteiger partial charge is 0.176 e. The lowest BCUT2D eigenvalue weighted by atomic mass is 9.88. The van der Waals surface area contributed by atoms with Gasteiger partial charge in [0.25, 0.3) is 0 Å². The summed E-state index contributed by atoms with van der Waals surface area (Å²) in [7, 11) is 0. The van der Waals surface area contributed by atoms with Gasteiger partial charge in [-0.25, -0.2) is 0 Å².